The highest BCUT2D eigenvalue weighted by Crippen LogP contribution is 1.98. The molecular formula is C7H11N7. The lowest BCUT2D eigenvalue weighted by Crippen LogP contribution is -2.09. The highest BCUT2D eigenvalue weighted by molar-refractivity contribution is 5.09. The molecule has 0 saturated carbocycles. The highest BCUT2D eigenvalue weighted by atomic mass is 15.4. The van der Waals surface area contributed by atoms with Gasteiger partial charge in [-0.05, 0) is 6.92 Å². The van der Waals surface area contributed by atoms with Gasteiger partial charge in [0.2, 0.25) is 5.95 Å². The quantitative estimate of drug-likeness (QED) is 0.711. The standard InChI is InChI=1S/C7H11N7/c1-2-14-6(9-4-11-14)3-13-5-10-7(8)12-13/h4-5H,2-3H2,1H3,(H2,8,12). The number of nitrogen functional groups attached to an aromatic ring is 1. The van der Waals surface area contributed by atoms with Crippen molar-refractivity contribution < 1.29 is 0 Å². The van der Waals surface area contributed by atoms with E-state index >= 15 is 0 Å². The molecule has 0 fully saturated rings. The number of hydrogen-bond acceptors (Lipinski definition) is 5. The van der Waals surface area contributed by atoms with Crippen LogP contribution in [0.25, 0.3) is 0 Å². The molecule has 2 N–H and O–H groups in total. The second-order valence-electron chi connectivity index (χ2n) is 2.79. The number of rotatable bonds is 3. The Morgan fingerprint density at radius 2 is 2.29 bits per heavy atom. The maximum Gasteiger partial charge on any atom is 0.239 e. The Hall–Kier alpha value is -1.92. The average Bonchev–Trinajstić information content (AvgIpc) is 2.76. The minimum atomic E-state index is 0.271. The molecule has 0 aliphatic carbocycles. The highest BCUT2D eigenvalue weighted by Gasteiger charge is 2.04. The Morgan fingerprint density at radius 3 is 2.93 bits per heavy atom. The van der Waals surface area contributed by atoms with Crippen LogP contribution in [-0.4, -0.2) is 29.5 Å². The van der Waals surface area contributed by atoms with E-state index in [1.807, 2.05) is 6.92 Å². The number of nitrogens with two attached hydrogens (primary N) is 1. The number of aryl methyl sites for hydroxylation is 1. The summed E-state index contributed by atoms with van der Waals surface area (Å²) in [5, 5.41) is 8.01. The first-order valence-corrected chi connectivity index (χ1v) is 4.31. The van der Waals surface area contributed by atoms with E-state index < -0.39 is 0 Å². The van der Waals surface area contributed by atoms with Crippen LogP contribution in [0.5, 0.6) is 0 Å². The number of anilines is 1. The van der Waals surface area contributed by atoms with E-state index in [1.54, 1.807) is 15.7 Å². The van der Waals surface area contributed by atoms with E-state index in [2.05, 4.69) is 20.2 Å². The van der Waals surface area contributed by atoms with Gasteiger partial charge in [-0.15, -0.1) is 5.10 Å². The molecule has 7 nitrogen and oxygen atoms in total. The molecule has 2 aromatic rings. The van der Waals surface area contributed by atoms with Crippen molar-refractivity contribution >= 4 is 5.95 Å². The van der Waals surface area contributed by atoms with Crippen LogP contribution in [0.1, 0.15) is 12.7 Å². The van der Waals surface area contributed by atoms with E-state index in [-0.39, 0.29) is 5.95 Å². The van der Waals surface area contributed by atoms with Gasteiger partial charge in [-0.1, -0.05) is 0 Å². The molecule has 2 heterocycles. The largest absolute Gasteiger partial charge is 0.367 e. The summed E-state index contributed by atoms with van der Waals surface area (Å²) in [4.78, 5) is 7.94. The summed E-state index contributed by atoms with van der Waals surface area (Å²) in [6, 6.07) is 0. The van der Waals surface area contributed by atoms with Crippen LogP contribution in [0.15, 0.2) is 12.7 Å². The van der Waals surface area contributed by atoms with Gasteiger partial charge in [0.15, 0.2) is 0 Å². The van der Waals surface area contributed by atoms with Gasteiger partial charge < -0.3 is 5.73 Å². The first kappa shape index (κ1) is 8.67. The Balaban J connectivity index is 2.18. The van der Waals surface area contributed by atoms with Crippen molar-refractivity contribution in [3.8, 4) is 0 Å². The molecule has 7 heteroatoms. The molecule has 0 spiro atoms. The molecule has 2 rings (SSSR count). The molecule has 0 saturated heterocycles. The van der Waals surface area contributed by atoms with Crippen molar-refractivity contribution in [1.29, 1.82) is 0 Å². The molecule has 2 aromatic heterocycles. The minimum absolute atomic E-state index is 0.271. The third kappa shape index (κ3) is 1.56. The smallest absolute Gasteiger partial charge is 0.239 e. The van der Waals surface area contributed by atoms with Crippen LogP contribution in [0, 0.1) is 0 Å². The second-order valence-corrected chi connectivity index (χ2v) is 2.79. The summed E-state index contributed by atoms with van der Waals surface area (Å²) in [5.41, 5.74) is 5.39. The van der Waals surface area contributed by atoms with Crippen LogP contribution < -0.4 is 5.73 Å². The number of hydrogen-bond donors (Lipinski definition) is 1. The fourth-order valence-corrected chi connectivity index (χ4v) is 1.20. The zero-order chi connectivity index (χ0) is 9.97. The lowest BCUT2D eigenvalue weighted by atomic mass is 10.6. The summed E-state index contributed by atoms with van der Waals surface area (Å²) >= 11 is 0. The normalized spacial score (nSPS) is 10.6. The SMILES string of the molecule is CCn1ncnc1Cn1cnc(N)n1. The van der Waals surface area contributed by atoms with Crippen LogP contribution >= 0.6 is 0 Å². The molecule has 0 amide bonds. The van der Waals surface area contributed by atoms with Gasteiger partial charge >= 0.3 is 0 Å². The van der Waals surface area contributed by atoms with Crippen LogP contribution in [0.2, 0.25) is 0 Å². The first-order chi connectivity index (χ1) is 6.79. The van der Waals surface area contributed by atoms with Crippen molar-refractivity contribution in [2.24, 2.45) is 0 Å². The van der Waals surface area contributed by atoms with E-state index in [1.165, 1.54) is 6.33 Å². The zero-order valence-corrected chi connectivity index (χ0v) is 7.83. The lowest BCUT2D eigenvalue weighted by molar-refractivity contribution is 0.568. The zero-order valence-electron chi connectivity index (χ0n) is 7.83. The molecule has 0 aromatic carbocycles. The van der Waals surface area contributed by atoms with Gasteiger partial charge in [-0.25, -0.2) is 19.3 Å². The molecule has 14 heavy (non-hydrogen) atoms. The minimum Gasteiger partial charge on any atom is -0.367 e. The summed E-state index contributed by atoms with van der Waals surface area (Å²) < 4.78 is 3.43. The first-order valence-electron chi connectivity index (χ1n) is 4.31. The Bertz CT molecular complexity index is 415. The number of nitrogens with zero attached hydrogens (tertiary/aromatic N) is 6. The summed E-state index contributed by atoms with van der Waals surface area (Å²) in [7, 11) is 0. The van der Waals surface area contributed by atoms with Crippen LogP contribution in [-0.2, 0) is 13.1 Å². The molecular weight excluding hydrogens is 182 g/mol. The van der Waals surface area contributed by atoms with E-state index in [4.69, 9.17) is 5.73 Å². The van der Waals surface area contributed by atoms with Crippen LogP contribution in [0.4, 0.5) is 5.95 Å². The van der Waals surface area contributed by atoms with Crippen molar-refractivity contribution in [2.75, 3.05) is 5.73 Å². The fraction of sp³-hybridized carbons (Fsp3) is 0.429. The molecule has 0 bridgehead atoms. The predicted molar refractivity (Wildman–Crippen MR) is 49.2 cm³/mol. The molecule has 0 radical (unpaired) electrons. The maximum atomic E-state index is 5.39. The second kappa shape index (κ2) is 3.44. The number of aromatic nitrogens is 6. The van der Waals surface area contributed by atoms with Gasteiger partial charge in [0.05, 0.1) is 0 Å². The van der Waals surface area contributed by atoms with Gasteiger partial charge in [-0.3, -0.25) is 0 Å². The van der Waals surface area contributed by atoms with Crippen molar-refractivity contribution in [3.63, 3.8) is 0 Å². The molecule has 74 valence electrons. The van der Waals surface area contributed by atoms with Gasteiger partial charge in [-0.2, -0.15) is 5.10 Å². The van der Waals surface area contributed by atoms with Gasteiger partial charge in [0, 0.05) is 6.54 Å². The lowest BCUT2D eigenvalue weighted by Gasteiger charge is -2.01. The van der Waals surface area contributed by atoms with Gasteiger partial charge in [0.1, 0.15) is 25.0 Å². The summed E-state index contributed by atoms with van der Waals surface area (Å²) in [5.74, 6) is 1.12. The predicted octanol–water partition coefficient (Wildman–Crippen LogP) is -0.480. The fourth-order valence-electron chi connectivity index (χ4n) is 1.20. The summed E-state index contributed by atoms with van der Waals surface area (Å²) in [6.45, 7) is 3.34. The van der Waals surface area contributed by atoms with Gasteiger partial charge in [0.25, 0.3) is 0 Å². The maximum absolute atomic E-state index is 5.39. The summed E-state index contributed by atoms with van der Waals surface area (Å²) in [6.07, 6.45) is 3.10. The average molecular weight is 193 g/mol. The third-order valence-corrected chi connectivity index (χ3v) is 1.85. The molecule has 0 aliphatic heterocycles. The Morgan fingerprint density at radius 1 is 1.43 bits per heavy atom. The molecule has 0 aliphatic rings. The molecule has 0 unspecified atom stereocenters. The van der Waals surface area contributed by atoms with Crippen LogP contribution in [0.3, 0.4) is 0 Å². The Kier molecular flexibility index (Phi) is 2.13. The monoisotopic (exact) mass is 193 g/mol. The van der Waals surface area contributed by atoms with Crippen molar-refractivity contribution in [2.45, 2.75) is 20.0 Å². The topological polar surface area (TPSA) is 87.4 Å². The van der Waals surface area contributed by atoms with Crippen molar-refractivity contribution in [1.82, 2.24) is 29.5 Å². The Labute approximate surface area is 80.6 Å². The van der Waals surface area contributed by atoms with Crippen molar-refractivity contribution in [3.05, 3.63) is 18.5 Å². The van der Waals surface area contributed by atoms with E-state index in [9.17, 15) is 0 Å². The third-order valence-electron chi connectivity index (χ3n) is 1.85. The van der Waals surface area contributed by atoms with E-state index in [0.717, 1.165) is 12.4 Å². The van der Waals surface area contributed by atoms with E-state index in [0.29, 0.717) is 6.54 Å². The molecule has 0 atom stereocenters.